The quantitative estimate of drug-likeness (QED) is 0.847. The molecule has 0 bridgehead atoms. The van der Waals surface area contributed by atoms with Crippen molar-refractivity contribution in [2.75, 3.05) is 20.1 Å². The molecule has 0 radical (unpaired) electrons. The first kappa shape index (κ1) is 15.5. The van der Waals surface area contributed by atoms with Crippen molar-refractivity contribution >= 4 is 11.8 Å². The van der Waals surface area contributed by atoms with Gasteiger partial charge in [-0.2, -0.15) is 0 Å². The molecule has 2 rings (SSSR count). The van der Waals surface area contributed by atoms with Crippen molar-refractivity contribution in [3.63, 3.8) is 0 Å². The molecule has 0 aromatic heterocycles. The molecule has 1 fully saturated rings. The number of hydrogen-bond acceptors (Lipinski definition) is 3. The van der Waals surface area contributed by atoms with E-state index in [0.29, 0.717) is 19.6 Å². The maximum Gasteiger partial charge on any atom is 0.242 e. The van der Waals surface area contributed by atoms with Crippen molar-refractivity contribution in [3.05, 3.63) is 35.9 Å². The number of hydrogen-bond donors (Lipinski definition) is 2. The second kappa shape index (κ2) is 7.78. The SMILES string of the molecule is CN(CC(=O)NC1CCCCNC1=O)Cc1ccccc1. The number of rotatable bonds is 5. The highest BCUT2D eigenvalue weighted by Crippen LogP contribution is 2.06. The van der Waals surface area contributed by atoms with E-state index >= 15 is 0 Å². The highest BCUT2D eigenvalue weighted by Gasteiger charge is 2.22. The summed E-state index contributed by atoms with van der Waals surface area (Å²) in [4.78, 5) is 25.8. The lowest BCUT2D eigenvalue weighted by molar-refractivity contribution is -0.129. The van der Waals surface area contributed by atoms with Crippen molar-refractivity contribution in [3.8, 4) is 0 Å². The van der Waals surface area contributed by atoms with Gasteiger partial charge in [-0.1, -0.05) is 30.3 Å². The third kappa shape index (κ3) is 5.19. The summed E-state index contributed by atoms with van der Waals surface area (Å²) in [7, 11) is 1.90. The Balaban J connectivity index is 1.79. The van der Waals surface area contributed by atoms with Crippen LogP contribution < -0.4 is 10.6 Å². The standard InChI is InChI=1S/C16H23N3O2/c1-19(11-13-7-3-2-4-8-13)12-15(20)18-14-9-5-6-10-17-16(14)21/h2-4,7-8,14H,5-6,9-12H2,1H3,(H,17,21)(H,18,20). The van der Waals surface area contributed by atoms with Crippen molar-refractivity contribution in [2.24, 2.45) is 0 Å². The Bertz CT molecular complexity index is 476. The van der Waals surface area contributed by atoms with Gasteiger partial charge in [0.15, 0.2) is 0 Å². The van der Waals surface area contributed by atoms with Gasteiger partial charge in [-0.25, -0.2) is 0 Å². The van der Waals surface area contributed by atoms with E-state index in [-0.39, 0.29) is 17.9 Å². The first-order valence-corrected chi connectivity index (χ1v) is 7.44. The fourth-order valence-electron chi connectivity index (χ4n) is 2.51. The van der Waals surface area contributed by atoms with E-state index in [4.69, 9.17) is 0 Å². The molecule has 0 saturated carbocycles. The lowest BCUT2D eigenvalue weighted by atomic mass is 10.1. The molecule has 0 aliphatic carbocycles. The summed E-state index contributed by atoms with van der Waals surface area (Å²) in [6, 6.07) is 9.63. The maximum atomic E-state index is 12.0. The summed E-state index contributed by atoms with van der Waals surface area (Å²) in [5.74, 6) is -0.165. The fourth-order valence-corrected chi connectivity index (χ4v) is 2.51. The average molecular weight is 289 g/mol. The minimum Gasteiger partial charge on any atom is -0.354 e. The molecule has 1 aromatic carbocycles. The van der Waals surface area contributed by atoms with Crippen molar-refractivity contribution in [2.45, 2.75) is 31.8 Å². The summed E-state index contributed by atoms with van der Waals surface area (Å²) in [5.41, 5.74) is 1.17. The fraction of sp³-hybridized carbons (Fsp3) is 0.500. The molecule has 1 atom stereocenters. The van der Waals surface area contributed by atoms with Crippen LogP contribution in [-0.2, 0) is 16.1 Å². The Morgan fingerprint density at radius 1 is 1.33 bits per heavy atom. The Kier molecular flexibility index (Phi) is 5.75. The van der Waals surface area contributed by atoms with Gasteiger partial charge in [-0.05, 0) is 31.9 Å². The Labute approximate surface area is 125 Å². The summed E-state index contributed by atoms with van der Waals surface area (Å²) in [5, 5.41) is 5.66. The van der Waals surface area contributed by atoms with Gasteiger partial charge in [0.25, 0.3) is 0 Å². The minimum absolute atomic E-state index is 0.0634. The zero-order valence-corrected chi connectivity index (χ0v) is 12.5. The first-order valence-electron chi connectivity index (χ1n) is 7.44. The average Bonchev–Trinajstić information content (AvgIpc) is 2.65. The molecule has 2 N–H and O–H groups in total. The highest BCUT2D eigenvalue weighted by molar-refractivity contribution is 5.88. The molecular weight excluding hydrogens is 266 g/mol. The molecule has 5 nitrogen and oxygen atoms in total. The van der Waals surface area contributed by atoms with Gasteiger partial charge in [-0.3, -0.25) is 14.5 Å². The van der Waals surface area contributed by atoms with E-state index in [0.717, 1.165) is 19.3 Å². The number of amides is 2. The Morgan fingerprint density at radius 2 is 2.10 bits per heavy atom. The topological polar surface area (TPSA) is 61.4 Å². The van der Waals surface area contributed by atoms with E-state index in [1.165, 1.54) is 5.56 Å². The van der Waals surface area contributed by atoms with Gasteiger partial charge in [0.05, 0.1) is 6.54 Å². The number of benzene rings is 1. The number of likely N-dealkylation sites (N-methyl/N-ethyl adjacent to an activating group) is 1. The molecule has 2 amide bonds. The highest BCUT2D eigenvalue weighted by atomic mass is 16.2. The number of carbonyl (C=O) groups is 2. The van der Waals surface area contributed by atoms with Gasteiger partial charge in [0.1, 0.15) is 6.04 Å². The van der Waals surface area contributed by atoms with Gasteiger partial charge in [0.2, 0.25) is 11.8 Å². The zero-order valence-electron chi connectivity index (χ0n) is 12.5. The summed E-state index contributed by atoms with van der Waals surface area (Å²) < 4.78 is 0. The number of nitrogens with one attached hydrogen (secondary N) is 2. The Hall–Kier alpha value is -1.88. The molecule has 1 aliphatic rings. The van der Waals surface area contributed by atoms with E-state index in [1.807, 2.05) is 42.3 Å². The predicted molar refractivity (Wildman–Crippen MR) is 81.6 cm³/mol. The van der Waals surface area contributed by atoms with Crippen LogP contribution in [-0.4, -0.2) is 42.9 Å². The normalized spacial score (nSPS) is 19.0. The first-order chi connectivity index (χ1) is 10.1. The van der Waals surface area contributed by atoms with Crippen LogP contribution in [0.2, 0.25) is 0 Å². The summed E-state index contributed by atoms with van der Waals surface area (Å²) in [6.45, 7) is 1.71. The molecule has 21 heavy (non-hydrogen) atoms. The van der Waals surface area contributed by atoms with Gasteiger partial charge < -0.3 is 10.6 Å². The molecule has 0 spiro atoms. The van der Waals surface area contributed by atoms with Crippen molar-refractivity contribution in [1.29, 1.82) is 0 Å². The van der Waals surface area contributed by atoms with Crippen LogP contribution in [0.1, 0.15) is 24.8 Å². The van der Waals surface area contributed by atoms with Crippen LogP contribution in [0, 0.1) is 0 Å². The molecule has 5 heteroatoms. The monoisotopic (exact) mass is 289 g/mol. The number of carbonyl (C=O) groups excluding carboxylic acids is 2. The lowest BCUT2D eigenvalue weighted by Gasteiger charge is -2.19. The molecule has 114 valence electrons. The second-order valence-electron chi connectivity index (χ2n) is 5.56. The van der Waals surface area contributed by atoms with E-state index in [9.17, 15) is 9.59 Å². The second-order valence-corrected chi connectivity index (χ2v) is 5.56. The van der Waals surface area contributed by atoms with Crippen LogP contribution in [0.15, 0.2) is 30.3 Å². The minimum atomic E-state index is -0.384. The molecule has 1 heterocycles. The van der Waals surface area contributed by atoms with Crippen molar-refractivity contribution < 1.29 is 9.59 Å². The maximum absolute atomic E-state index is 12.0. The Morgan fingerprint density at radius 3 is 2.86 bits per heavy atom. The molecular formula is C16H23N3O2. The van der Waals surface area contributed by atoms with Gasteiger partial charge >= 0.3 is 0 Å². The summed E-state index contributed by atoms with van der Waals surface area (Å²) in [6.07, 6.45) is 2.66. The summed E-state index contributed by atoms with van der Waals surface area (Å²) >= 11 is 0. The van der Waals surface area contributed by atoms with Crippen LogP contribution in [0.25, 0.3) is 0 Å². The van der Waals surface area contributed by atoms with Gasteiger partial charge in [-0.15, -0.1) is 0 Å². The molecule has 1 aliphatic heterocycles. The largest absolute Gasteiger partial charge is 0.354 e. The smallest absolute Gasteiger partial charge is 0.242 e. The molecule has 1 saturated heterocycles. The van der Waals surface area contributed by atoms with Crippen molar-refractivity contribution in [1.82, 2.24) is 15.5 Å². The number of nitrogens with zero attached hydrogens (tertiary/aromatic N) is 1. The van der Waals surface area contributed by atoms with Crippen LogP contribution in [0.4, 0.5) is 0 Å². The van der Waals surface area contributed by atoms with Gasteiger partial charge in [0, 0.05) is 13.1 Å². The van der Waals surface area contributed by atoms with E-state index < -0.39 is 0 Å². The third-order valence-corrected chi connectivity index (χ3v) is 3.58. The van der Waals surface area contributed by atoms with Crippen LogP contribution in [0.5, 0.6) is 0 Å². The van der Waals surface area contributed by atoms with E-state index in [1.54, 1.807) is 0 Å². The van der Waals surface area contributed by atoms with Crippen LogP contribution in [0.3, 0.4) is 0 Å². The molecule has 1 unspecified atom stereocenters. The molecule has 1 aromatic rings. The predicted octanol–water partition coefficient (Wildman–Crippen LogP) is 0.903. The van der Waals surface area contributed by atoms with E-state index in [2.05, 4.69) is 10.6 Å². The zero-order chi connectivity index (χ0) is 15.1. The third-order valence-electron chi connectivity index (χ3n) is 3.58. The van der Waals surface area contributed by atoms with Crippen LogP contribution >= 0.6 is 0 Å². The lowest BCUT2D eigenvalue weighted by Crippen LogP contribution is -2.48.